The van der Waals surface area contributed by atoms with Crippen LogP contribution in [0.3, 0.4) is 0 Å². The molecule has 1 aliphatic heterocycles. The van der Waals surface area contributed by atoms with Crippen LogP contribution in [0.2, 0.25) is 0 Å². The first-order valence-electron chi connectivity index (χ1n) is 6.78. The molecule has 0 saturated carbocycles. The van der Waals surface area contributed by atoms with E-state index in [2.05, 4.69) is 5.32 Å². The third-order valence-electron chi connectivity index (χ3n) is 3.84. The maximum absolute atomic E-state index is 12.3. The number of urea groups is 1. The van der Waals surface area contributed by atoms with Gasteiger partial charge in [0.05, 0.1) is 5.37 Å². The molecule has 1 saturated heterocycles. The second kappa shape index (κ2) is 6.67. The predicted molar refractivity (Wildman–Crippen MR) is 81.0 cm³/mol. The Balaban J connectivity index is 2.71. The van der Waals surface area contributed by atoms with Crippen LogP contribution in [0, 0.1) is 0 Å². The third-order valence-corrected chi connectivity index (χ3v) is 5.30. The summed E-state index contributed by atoms with van der Waals surface area (Å²) in [4.78, 5) is 27.1. The average molecular weight is 303 g/mol. The van der Waals surface area contributed by atoms with Crippen LogP contribution in [0.25, 0.3) is 0 Å². The summed E-state index contributed by atoms with van der Waals surface area (Å²) in [6, 6.07) is -1.02. The van der Waals surface area contributed by atoms with E-state index < -0.39 is 12.0 Å². The molecule has 116 valence electrons. The average Bonchev–Trinajstić information content (AvgIpc) is 2.79. The van der Waals surface area contributed by atoms with E-state index in [0.29, 0.717) is 12.3 Å². The van der Waals surface area contributed by atoms with Crippen LogP contribution in [-0.2, 0) is 4.79 Å². The molecule has 1 fully saturated rings. The van der Waals surface area contributed by atoms with E-state index in [1.807, 2.05) is 39.8 Å². The molecule has 1 heterocycles. The Morgan fingerprint density at radius 1 is 1.45 bits per heavy atom. The number of rotatable bonds is 5. The van der Waals surface area contributed by atoms with Crippen molar-refractivity contribution in [3.05, 3.63) is 0 Å². The van der Waals surface area contributed by atoms with Crippen LogP contribution in [0.15, 0.2) is 0 Å². The van der Waals surface area contributed by atoms with Crippen LogP contribution < -0.4 is 5.32 Å². The Hall–Kier alpha value is -0.950. The number of aliphatic carboxylic acids is 1. The van der Waals surface area contributed by atoms with Crippen LogP contribution in [0.4, 0.5) is 4.79 Å². The van der Waals surface area contributed by atoms with E-state index >= 15 is 0 Å². The van der Waals surface area contributed by atoms with Gasteiger partial charge in [-0.15, -0.1) is 11.8 Å². The molecule has 6 nitrogen and oxygen atoms in total. The van der Waals surface area contributed by atoms with Gasteiger partial charge in [0.15, 0.2) is 0 Å². The van der Waals surface area contributed by atoms with Crippen molar-refractivity contribution in [2.75, 3.05) is 26.4 Å². The number of likely N-dealkylation sites (N-methyl/N-ethyl adjacent to an activating group) is 1. The SMILES string of the molecule is CCC1SCC(C(=O)O)N1C(=O)NCC(C)(C)N(C)C. The van der Waals surface area contributed by atoms with Gasteiger partial charge in [0.2, 0.25) is 0 Å². The van der Waals surface area contributed by atoms with Gasteiger partial charge in [-0.1, -0.05) is 6.92 Å². The second-order valence-electron chi connectivity index (χ2n) is 5.82. The second-order valence-corrected chi connectivity index (χ2v) is 7.03. The molecule has 0 aliphatic carbocycles. The van der Waals surface area contributed by atoms with Crippen LogP contribution in [0.5, 0.6) is 0 Å². The topological polar surface area (TPSA) is 72.9 Å². The summed E-state index contributed by atoms with van der Waals surface area (Å²) < 4.78 is 0. The molecule has 1 rings (SSSR count). The predicted octanol–water partition coefficient (Wildman–Crippen LogP) is 1.27. The van der Waals surface area contributed by atoms with E-state index in [-0.39, 0.29) is 16.9 Å². The molecule has 2 amide bonds. The van der Waals surface area contributed by atoms with Gasteiger partial charge in [0.25, 0.3) is 0 Å². The fourth-order valence-electron chi connectivity index (χ4n) is 1.88. The summed E-state index contributed by atoms with van der Waals surface area (Å²) in [5, 5.41) is 12.0. The minimum Gasteiger partial charge on any atom is -0.480 e. The lowest BCUT2D eigenvalue weighted by molar-refractivity contribution is -0.141. The highest BCUT2D eigenvalue weighted by Gasteiger charge is 2.41. The van der Waals surface area contributed by atoms with Crippen LogP contribution in [-0.4, -0.2) is 70.3 Å². The van der Waals surface area contributed by atoms with Crippen molar-refractivity contribution in [2.24, 2.45) is 0 Å². The Bertz CT molecular complexity index is 374. The maximum atomic E-state index is 12.3. The van der Waals surface area contributed by atoms with Gasteiger partial charge < -0.3 is 15.3 Å². The number of nitrogens with one attached hydrogen (secondary N) is 1. The molecule has 0 bridgehead atoms. The van der Waals surface area contributed by atoms with Gasteiger partial charge in [-0.3, -0.25) is 4.90 Å². The van der Waals surface area contributed by atoms with Crippen molar-refractivity contribution >= 4 is 23.8 Å². The Labute approximate surface area is 124 Å². The highest BCUT2D eigenvalue weighted by Crippen LogP contribution is 2.31. The Morgan fingerprint density at radius 3 is 2.50 bits per heavy atom. The first kappa shape index (κ1) is 17.1. The molecular weight excluding hydrogens is 278 g/mol. The zero-order valence-electron chi connectivity index (χ0n) is 12.8. The number of carboxylic acid groups (broad SMARTS) is 1. The quantitative estimate of drug-likeness (QED) is 0.800. The molecule has 2 atom stereocenters. The minimum absolute atomic E-state index is 0.0569. The van der Waals surface area contributed by atoms with E-state index in [1.54, 1.807) is 0 Å². The summed E-state index contributed by atoms with van der Waals surface area (Å²) in [6.07, 6.45) is 0.749. The molecule has 2 unspecified atom stereocenters. The molecule has 1 aliphatic rings. The molecule has 0 aromatic rings. The smallest absolute Gasteiger partial charge is 0.327 e. The molecule has 2 N–H and O–H groups in total. The monoisotopic (exact) mass is 303 g/mol. The standard InChI is InChI=1S/C13H25N3O3S/c1-6-10-16(9(7-20-10)11(17)18)12(19)14-8-13(2,3)15(4)5/h9-10H,6-8H2,1-5H3,(H,14,19)(H,17,18). The molecular formula is C13H25N3O3S. The zero-order chi connectivity index (χ0) is 15.5. The Morgan fingerprint density at radius 2 is 2.05 bits per heavy atom. The van der Waals surface area contributed by atoms with E-state index in [1.165, 1.54) is 16.7 Å². The fourth-order valence-corrected chi connectivity index (χ4v) is 3.23. The van der Waals surface area contributed by atoms with E-state index in [9.17, 15) is 14.7 Å². The summed E-state index contributed by atoms with van der Waals surface area (Å²) in [5.41, 5.74) is -0.178. The van der Waals surface area contributed by atoms with Gasteiger partial charge >= 0.3 is 12.0 Å². The van der Waals surface area contributed by atoms with Gasteiger partial charge in [-0.2, -0.15) is 0 Å². The first-order chi connectivity index (χ1) is 9.20. The zero-order valence-corrected chi connectivity index (χ0v) is 13.7. The van der Waals surface area contributed by atoms with Crippen molar-refractivity contribution in [3.8, 4) is 0 Å². The number of carbonyl (C=O) groups excluding carboxylic acids is 1. The molecule has 20 heavy (non-hydrogen) atoms. The molecule has 0 spiro atoms. The van der Waals surface area contributed by atoms with Crippen molar-refractivity contribution in [3.63, 3.8) is 0 Å². The van der Waals surface area contributed by atoms with Crippen molar-refractivity contribution in [2.45, 2.75) is 44.1 Å². The van der Waals surface area contributed by atoms with Gasteiger partial charge in [0.1, 0.15) is 6.04 Å². The van der Waals surface area contributed by atoms with E-state index in [4.69, 9.17) is 0 Å². The largest absolute Gasteiger partial charge is 0.480 e. The number of hydrogen-bond acceptors (Lipinski definition) is 4. The third kappa shape index (κ3) is 3.79. The summed E-state index contributed by atoms with van der Waals surface area (Å²) >= 11 is 1.53. The van der Waals surface area contributed by atoms with Gasteiger partial charge in [-0.25, -0.2) is 9.59 Å². The van der Waals surface area contributed by atoms with Crippen LogP contribution >= 0.6 is 11.8 Å². The fraction of sp³-hybridized carbons (Fsp3) is 0.846. The summed E-state index contributed by atoms with van der Waals surface area (Å²) in [7, 11) is 3.90. The van der Waals surface area contributed by atoms with E-state index in [0.717, 1.165) is 6.42 Å². The number of thioether (sulfide) groups is 1. The molecule has 0 radical (unpaired) electrons. The number of amides is 2. The van der Waals surface area contributed by atoms with Crippen molar-refractivity contribution < 1.29 is 14.7 Å². The maximum Gasteiger partial charge on any atom is 0.327 e. The number of hydrogen-bond donors (Lipinski definition) is 2. The van der Waals surface area contributed by atoms with Crippen molar-refractivity contribution in [1.29, 1.82) is 0 Å². The number of carboxylic acids is 1. The summed E-state index contributed by atoms with van der Waals surface area (Å²) in [6.45, 7) is 6.49. The lowest BCUT2D eigenvalue weighted by Crippen LogP contribution is -2.54. The number of carbonyl (C=O) groups is 2. The lowest BCUT2D eigenvalue weighted by atomic mass is 10.0. The Kier molecular flexibility index (Phi) is 5.70. The number of nitrogens with zero attached hydrogens (tertiary/aromatic N) is 2. The molecule has 0 aromatic heterocycles. The molecule has 7 heteroatoms. The van der Waals surface area contributed by atoms with Crippen molar-refractivity contribution in [1.82, 2.24) is 15.1 Å². The highest BCUT2D eigenvalue weighted by molar-refractivity contribution is 8.00. The minimum atomic E-state index is -0.935. The normalized spacial score (nSPS) is 23.2. The van der Waals surface area contributed by atoms with Crippen LogP contribution in [0.1, 0.15) is 27.2 Å². The lowest BCUT2D eigenvalue weighted by Gasteiger charge is -2.34. The first-order valence-corrected chi connectivity index (χ1v) is 7.83. The van der Waals surface area contributed by atoms with Gasteiger partial charge in [-0.05, 0) is 34.4 Å². The van der Waals surface area contributed by atoms with Gasteiger partial charge in [0, 0.05) is 17.8 Å². The molecule has 0 aromatic carbocycles. The highest BCUT2D eigenvalue weighted by atomic mass is 32.2. The summed E-state index contributed by atoms with van der Waals surface area (Å²) in [5.74, 6) is -0.478.